The standard InChI is InChI=1S/C26H44O10/c1-20(2,3)15(29)13(27)14(28)16-24(33,17(30)21(4,5)6)25(34,18(31)22(7,8)9)26(35,36-16)19(32)23(10,11)12/h13,15-16,27,29,33-35H,1-12H3/t13?,15?,16-,24+,25+,26+/m0/s1. The van der Waals surface area contributed by atoms with Crippen LogP contribution < -0.4 is 0 Å². The van der Waals surface area contributed by atoms with Crippen molar-refractivity contribution in [2.75, 3.05) is 0 Å². The van der Waals surface area contributed by atoms with Crippen LogP contribution in [0.2, 0.25) is 0 Å². The maximum atomic E-state index is 13.7. The van der Waals surface area contributed by atoms with Gasteiger partial charge in [-0.15, -0.1) is 0 Å². The molecular formula is C26H44O10. The third-order valence-corrected chi connectivity index (χ3v) is 6.47. The van der Waals surface area contributed by atoms with Crippen LogP contribution >= 0.6 is 0 Å². The normalized spacial score (nSPS) is 31.6. The van der Waals surface area contributed by atoms with Crippen LogP contribution in [-0.2, 0) is 23.9 Å². The van der Waals surface area contributed by atoms with Crippen molar-refractivity contribution in [3.8, 4) is 0 Å². The molecule has 1 fully saturated rings. The molecule has 5 N–H and O–H groups in total. The lowest BCUT2D eigenvalue weighted by Gasteiger charge is -2.46. The van der Waals surface area contributed by atoms with Crippen molar-refractivity contribution in [2.45, 2.75) is 118 Å². The second-order valence-electron chi connectivity index (χ2n) is 14.0. The van der Waals surface area contributed by atoms with E-state index in [1.54, 1.807) is 0 Å². The van der Waals surface area contributed by atoms with Gasteiger partial charge in [-0.25, -0.2) is 0 Å². The summed E-state index contributed by atoms with van der Waals surface area (Å²) in [6.45, 7) is 16.5. The Balaban J connectivity index is 4.18. The Morgan fingerprint density at radius 3 is 1.33 bits per heavy atom. The molecular weight excluding hydrogens is 472 g/mol. The maximum Gasteiger partial charge on any atom is 0.268 e. The monoisotopic (exact) mass is 516 g/mol. The predicted molar refractivity (Wildman–Crippen MR) is 130 cm³/mol. The van der Waals surface area contributed by atoms with Gasteiger partial charge in [0.2, 0.25) is 11.4 Å². The Labute approximate surface area is 213 Å². The molecule has 0 spiro atoms. The van der Waals surface area contributed by atoms with Gasteiger partial charge in [-0.2, -0.15) is 0 Å². The molecule has 0 aromatic rings. The molecule has 1 saturated heterocycles. The van der Waals surface area contributed by atoms with Crippen molar-refractivity contribution in [3.05, 3.63) is 0 Å². The molecule has 0 saturated carbocycles. The minimum atomic E-state index is -3.65. The lowest BCUT2D eigenvalue weighted by molar-refractivity contribution is -0.258. The summed E-state index contributed by atoms with van der Waals surface area (Å²) in [5, 5.41) is 56.9. The van der Waals surface area contributed by atoms with Crippen LogP contribution in [0.4, 0.5) is 0 Å². The number of ether oxygens (including phenoxy) is 1. The number of rotatable bonds is 6. The zero-order valence-electron chi connectivity index (χ0n) is 23.5. The molecule has 0 aromatic heterocycles. The summed E-state index contributed by atoms with van der Waals surface area (Å²) in [7, 11) is 0. The molecule has 0 radical (unpaired) electrons. The van der Waals surface area contributed by atoms with Crippen molar-refractivity contribution in [2.24, 2.45) is 21.7 Å². The van der Waals surface area contributed by atoms with Gasteiger partial charge < -0.3 is 30.3 Å². The van der Waals surface area contributed by atoms with E-state index >= 15 is 0 Å². The molecule has 36 heavy (non-hydrogen) atoms. The molecule has 6 atom stereocenters. The summed E-state index contributed by atoms with van der Waals surface area (Å²) in [6, 6.07) is 0. The van der Waals surface area contributed by atoms with Crippen LogP contribution in [0.1, 0.15) is 83.1 Å². The number of hydrogen-bond acceptors (Lipinski definition) is 10. The lowest BCUT2D eigenvalue weighted by atomic mass is 9.60. The smallest absolute Gasteiger partial charge is 0.268 e. The molecule has 2 unspecified atom stereocenters. The first-order chi connectivity index (χ1) is 15.5. The van der Waals surface area contributed by atoms with Gasteiger partial charge in [-0.05, 0) is 5.41 Å². The molecule has 1 rings (SSSR count). The van der Waals surface area contributed by atoms with Gasteiger partial charge in [-0.3, -0.25) is 19.2 Å². The van der Waals surface area contributed by atoms with Crippen LogP contribution in [0.3, 0.4) is 0 Å². The lowest BCUT2D eigenvalue weighted by Crippen LogP contribution is -2.77. The number of ketones is 4. The van der Waals surface area contributed by atoms with Gasteiger partial charge in [-0.1, -0.05) is 83.1 Å². The van der Waals surface area contributed by atoms with E-state index in [1.165, 1.54) is 83.1 Å². The van der Waals surface area contributed by atoms with E-state index in [-0.39, 0.29) is 0 Å². The fourth-order valence-electron chi connectivity index (χ4n) is 4.29. The van der Waals surface area contributed by atoms with E-state index in [1.807, 2.05) is 0 Å². The number of hydrogen-bond donors (Lipinski definition) is 5. The highest BCUT2D eigenvalue weighted by molar-refractivity contribution is 6.13. The van der Waals surface area contributed by atoms with Crippen molar-refractivity contribution in [1.29, 1.82) is 0 Å². The number of carbonyl (C=O) groups is 4. The summed E-state index contributed by atoms with van der Waals surface area (Å²) >= 11 is 0. The van der Waals surface area contributed by atoms with E-state index in [9.17, 15) is 44.7 Å². The predicted octanol–water partition coefficient (Wildman–Crippen LogP) is 0.719. The molecule has 0 aliphatic carbocycles. The Bertz CT molecular complexity index is 926. The highest BCUT2D eigenvalue weighted by atomic mass is 16.7. The van der Waals surface area contributed by atoms with Gasteiger partial charge in [0.15, 0.2) is 29.1 Å². The quantitative estimate of drug-likeness (QED) is 0.338. The van der Waals surface area contributed by atoms with Crippen LogP contribution in [0.25, 0.3) is 0 Å². The van der Waals surface area contributed by atoms with Crippen molar-refractivity contribution in [1.82, 2.24) is 0 Å². The molecule has 1 heterocycles. The summed E-state index contributed by atoms with van der Waals surface area (Å²) in [5.41, 5.74) is -12.8. The average Bonchev–Trinajstić information content (AvgIpc) is 2.87. The number of Topliss-reactive ketones (excluding diaryl/α,β-unsaturated/α-hetero) is 4. The largest absolute Gasteiger partial charge is 0.389 e. The molecule has 10 nitrogen and oxygen atoms in total. The highest BCUT2D eigenvalue weighted by Crippen LogP contribution is 2.54. The Morgan fingerprint density at radius 2 is 1.03 bits per heavy atom. The fraction of sp³-hybridized carbons (Fsp3) is 0.846. The minimum Gasteiger partial charge on any atom is -0.389 e. The Kier molecular flexibility index (Phi) is 8.14. The first-order valence-electron chi connectivity index (χ1n) is 11.9. The second kappa shape index (κ2) is 9.03. The van der Waals surface area contributed by atoms with Crippen molar-refractivity contribution < 1.29 is 49.4 Å². The third kappa shape index (κ3) is 4.83. The highest BCUT2D eigenvalue weighted by Gasteiger charge is 2.84. The summed E-state index contributed by atoms with van der Waals surface area (Å²) < 4.78 is 5.39. The molecule has 0 bridgehead atoms. The third-order valence-electron chi connectivity index (χ3n) is 6.47. The first kappa shape index (κ1) is 32.5. The van der Waals surface area contributed by atoms with Crippen molar-refractivity contribution >= 4 is 23.1 Å². The average molecular weight is 517 g/mol. The second-order valence-corrected chi connectivity index (χ2v) is 14.0. The first-order valence-corrected chi connectivity index (χ1v) is 11.9. The van der Waals surface area contributed by atoms with Gasteiger partial charge in [0.1, 0.15) is 6.10 Å². The van der Waals surface area contributed by atoms with Gasteiger partial charge in [0.25, 0.3) is 5.79 Å². The van der Waals surface area contributed by atoms with E-state index in [0.717, 1.165) is 0 Å². The number of aliphatic hydroxyl groups excluding tert-OH is 2. The number of carbonyl (C=O) groups excluding carboxylic acids is 4. The Hall–Kier alpha value is -1.56. The summed E-state index contributed by atoms with van der Waals surface area (Å²) in [5.74, 6) is -8.95. The summed E-state index contributed by atoms with van der Waals surface area (Å²) in [4.78, 5) is 54.5. The minimum absolute atomic E-state index is 1.06. The number of aliphatic hydroxyl groups is 5. The Morgan fingerprint density at radius 1 is 0.667 bits per heavy atom. The zero-order valence-corrected chi connectivity index (χ0v) is 23.5. The van der Waals surface area contributed by atoms with Gasteiger partial charge in [0.05, 0.1) is 6.10 Å². The topological polar surface area (TPSA) is 179 Å². The van der Waals surface area contributed by atoms with E-state index in [4.69, 9.17) is 4.74 Å². The zero-order chi connectivity index (χ0) is 29.2. The molecule has 1 aliphatic rings. The van der Waals surface area contributed by atoms with Gasteiger partial charge >= 0.3 is 0 Å². The fourth-order valence-corrected chi connectivity index (χ4v) is 4.29. The van der Waals surface area contributed by atoms with Crippen LogP contribution in [0, 0.1) is 21.7 Å². The van der Waals surface area contributed by atoms with Crippen molar-refractivity contribution in [3.63, 3.8) is 0 Å². The van der Waals surface area contributed by atoms with Crippen LogP contribution in [0.15, 0.2) is 0 Å². The van der Waals surface area contributed by atoms with Crippen LogP contribution in [0.5, 0.6) is 0 Å². The molecule has 208 valence electrons. The molecule has 0 amide bonds. The molecule has 1 aliphatic heterocycles. The maximum absolute atomic E-state index is 13.7. The van der Waals surface area contributed by atoms with E-state index < -0.39 is 80.1 Å². The SMILES string of the molecule is CC(C)(C)C(=O)[C@]1(O)[C@@](O)(C(=O)C(C)(C)C)O[C@@H](C(=O)C(O)C(O)C(C)(C)C)[C@@]1(O)C(=O)C(C)(C)C. The summed E-state index contributed by atoms with van der Waals surface area (Å²) in [6.07, 6.45) is -6.58. The van der Waals surface area contributed by atoms with E-state index in [2.05, 4.69) is 0 Å². The van der Waals surface area contributed by atoms with Crippen LogP contribution in [-0.4, -0.2) is 84.0 Å². The van der Waals surface area contributed by atoms with Gasteiger partial charge in [0, 0.05) is 16.2 Å². The molecule has 0 aromatic carbocycles. The molecule has 10 heteroatoms. The van der Waals surface area contributed by atoms with E-state index in [0.29, 0.717) is 0 Å².